The predicted molar refractivity (Wildman–Crippen MR) is 107 cm³/mol. The van der Waals surface area contributed by atoms with Crippen LogP contribution in [0.2, 0.25) is 0 Å². The van der Waals surface area contributed by atoms with Crippen molar-refractivity contribution in [3.05, 3.63) is 54.4 Å². The summed E-state index contributed by atoms with van der Waals surface area (Å²) in [4.78, 5) is 23.9. The number of thiazole rings is 1. The maximum Gasteiger partial charge on any atom is 0.319 e. The van der Waals surface area contributed by atoms with Crippen LogP contribution in [0.4, 0.5) is 21.4 Å². The minimum atomic E-state index is -3.79. The van der Waals surface area contributed by atoms with Gasteiger partial charge in [0.2, 0.25) is 0 Å². The van der Waals surface area contributed by atoms with Gasteiger partial charge in [-0.2, -0.15) is 0 Å². The first-order valence-electron chi connectivity index (χ1n) is 8.10. The molecule has 3 rings (SSSR count). The molecule has 1 aromatic carbocycles. The molecule has 0 aliphatic rings. The van der Waals surface area contributed by atoms with Crippen molar-refractivity contribution in [2.45, 2.75) is 4.90 Å². The number of anilines is 3. The van der Waals surface area contributed by atoms with E-state index in [9.17, 15) is 13.2 Å². The Morgan fingerprint density at radius 3 is 2.75 bits per heavy atom. The highest BCUT2D eigenvalue weighted by atomic mass is 32.2. The van der Waals surface area contributed by atoms with Crippen LogP contribution in [0.25, 0.3) is 0 Å². The number of aromatic nitrogens is 3. The van der Waals surface area contributed by atoms with Gasteiger partial charge in [0.15, 0.2) is 5.13 Å². The van der Waals surface area contributed by atoms with Crippen LogP contribution in [-0.2, 0) is 10.0 Å². The van der Waals surface area contributed by atoms with Crippen molar-refractivity contribution in [3.63, 3.8) is 0 Å². The fraction of sp³-hybridized carbons (Fsp3) is 0.125. The zero-order chi connectivity index (χ0) is 19.8. The summed E-state index contributed by atoms with van der Waals surface area (Å²) in [6, 6.07) is 5.49. The van der Waals surface area contributed by atoms with Crippen molar-refractivity contribution in [2.75, 3.05) is 28.4 Å². The van der Waals surface area contributed by atoms with E-state index in [1.54, 1.807) is 36.1 Å². The van der Waals surface area contributed by atoms with E-state index in [0.29, 0.717) is 24.6 Å². The van der Waals surface area contributed by atoms with Crippen LogP contribution in [0.3, 0.4) is 0 Å². The van der Waals surface area contributed by atoms with E-state index in [0.717, 1.165) is 0 Å². The lowest BCUT2D eigenvalue weighted by Gasteiger charge is -2.10. The lowest BCUT2D eigenvalue weighted by atomic mass is 10.3. The number of nitrogens with one attached hydrogen (secondary N) is 4. The van der Waals surface area contributed by atoms with E-state index in [1.165, 1.54) is 29.7 Å². The molecule has 2 aromatic heterocycles. The highest BCUT2D eigenvalue weighted by molar-refractivity contribution is 7.93. The van der Waals surface area contributed by atoms with Crippen LogP contribution in [-0.4, -0.2) is 42.5 Å². The number of hydrogen-bond acceptors (Lipinski definition) is 8. The number of urea groups is 1. The Hall–Kier alpha value is -3.25. The first-order chi connectivity index (χ1) is 13.5. The van der Waals surface area contributed by atoms with Crippen LogP contribution in [0.1, 0.15) is 0 Å². The number of carbonyl (C=O) groups excluding carboxylic acids is 1. The Balaban J connectivity index is 1.51. The predicted octanol–water partition coefficient (Wildman–Crippen LogP) is 1.97. The monoisotopic (exact) mass is 419 g/mol. The number of rotatable bonds is 8. The molecule has 4 N–H and O–H groups in total. The third-order valence-corrected chi connectivity index (χ3v) is 5.49. The van der Waals surface area contributed by atoms with Crippen molar-refractivity contribution in [2.24, 2.45) is 0 Å². The number of nitrogens with zero attached hydrogens (tertiary/aromatic N) is 3. The highest BCUT2D eigenvalue weighted by Crippen LogP contribution is 2.20. The molecule has 0 unspecified atom stereocenters. The van der Waals surface area contributed by atoms with Gasteiger partial charge in [-0.15, -0.1) is 11.3 Å². The van der Waals surface area contributed by atoms with Crippen molar-refractivity contribution in [1.29, 1.82) is 0 Å². The average molecular weight is 419 g/mol. The topological polar surface area (TPSA) is 138 Å². The fourth-order valence-corrected chi connectivity index (χ4v) is 3.96. The fourth-order valence-electron chi connectivity index (χ4n) is 2.12. The lowest BCUT2D eigenvalue weighted by Crippen LogP contribution is -2.32. The Bertz CT molecular complexity index is 1010. The van der Waals surface area contributed by atoms with Gasteiger partial charge in [-0.25, -0.2) is 23.2 Å². The van der Waals surface area contributed by atoms with E-state index in [1.807, 2.05) is 0 Å². The van der Waals surface area contributed by atoms with Crippen LogP contribution in [0.5, 0.6) is 0 Å². The second kappa shape index (κ2) is 9.10. The summed E-state index contributed by atoms with van der Waals surface area (Å²) < 4.78 is 27.2. The number of sulfonamides is 1. The van der Waals surface area contributed by atoms with Gasteiger partial charge in [0.25, 0.3) is 10.0 Å². The molecule has 0 aliphatic heterocycles. The normalized spacial score (nSPS) is 10.9. The van der Waals surface area contributed by atoms with E-state index in [2.05, 4.69) is 35.6 Å². The Morgan fingerprint density at radius 2 is 2.00 bits per heavy atom. The van der Waals surface area contributed by atoms with Crippen LogP contribution in [0.15, 0.2) is 59.3 Å². The van der Waals surface area contributed by atoms with Gasteiger partial charge in [-0.1, -0.05) is 6.07 Å². The van der Waals surface area contributed by atoms with Gasteiger partial charge < -0.3 is 16.0 Å². The van der Waals surface area contributed by atoms with Crippen LogP contribution >= 0.6 is 11.3 Å². The standard InChI is InChI=1S/C16H17N7O3S2/c24-15(20-7-6-19-14-11-17-4-5-18-14)22-12-2-1-3-13(10-12)28(25,26)23-16-21-8-9-27-16/h1-5,8-11H,6-7H2,(H,18,19)(H,21,23)(H2,20,22,24). The van der Waals surface area contributed by atoms with Crippen molar-refractivity contribution >= 4 is 44.0 Å². The van der Waals surface area contributed by atoms with Crippen LogP contribution in [0, 0.1) is 0 Å². The molecule has 0 bridgehead atoms. The van der Waals surface area contributed by atoms with Crippen molar-refractivity contribution in [1.82, 2.24) is 20.3 Å². The number of carbonyl (C=O) groups is 1. The third kappa shape index (κ3) is 5.62. The molecule has 0 fully saturated rings. The van der Waals surface area contributed by atoms with Gasteiger partial charge >= 0.3 is 6.03 Å². The second-order valence-electron chi connectivity index (χ2n) is 5.37. The molecular weight excluding hydrogens is 402 g/mol. The second-order valence-corrected chi connectivity index (χ2v) is 7.95. The molecule has 0 atom stereocenters. The average Bonchev–Trinajstić information content (AvgIpc) is 3.19. The molecule has 0 radical (unpaired) electrons. The number of benzene rings is 1. The van der Waals surface area contributed by atoms with E-state index < -0.39 is 16.1 Å². The number of hydrogen-bond donors (Lipinski definition) is 4. The zero-order valence-corrected chi connectivity index (χ0v) is 16.1. The number of amides is 2. The molecule has 12 heteroatoms. The minimum Gasteiger partial charge on any atom is -0.367 e. The molecule has 0 saturated carbocycles. The summed E-state index contributed by atoms with van der Waals surface area (Å²) in [5.41, 5.74) is 0.349. The van der Waals surface area contributed by atoms with Gasteiger partial charge in [-0.3, -0.25) is 9.71 Å². The quantitative estimate of drug-likeness (QED) is 0.410. The Labute approximate surface area is 165 Å². The maximum atomic E-state index is 12.4. The molecule has 2 amide bonds. The molecule has 0 spiro atoms. The third-order valence-electron chi connectivity index (χ3n) is 3.34. The van der Waals surface area contributed by atoms with E-state index in [-0.39, 0.29) is 10.0 Å². The lowest BCUT2D eigenvalue weighted by molar-refractivity contribution is 0.252. The first kappa shape index (κ1) is 19.5. The minimum absolute atomic E-state index is 0.0184. The summed E-state index contributed by atoms with van der Waals surface area (Å²) in [6.07, 6.45) is 6.21. The maximum absolute atomic E-state index is 12.4. The molecule has 0 saturated heterocycles. The Morgan fingerprint density at radius 1 is 1.11 bits per heavy atom. The molecule has 10 nitrogen and oxygen atoms in total. The Kier molecular flexibility index (Phi) is 6.34. The van der Waals surface area contributed by atoms with Crippen molar-refractivity contribution < 1.29 is 13.2 Å². The smallest absolute Gasteiger partial charge is 0.319 e. The molecule has 0 aliphatic carbocycles. The van der Waals surface area contributed by atoms with Crippen LogP contribution < -0.4 is 20.7 Å². The molecule has 3 aromatic rings. The molecular formula is C16H17N7O3S2. The summed E-state index contributed by atoms with van der Waals surface area (Å²) in [7, 11) is -3.79. The van der Waals surface area contributed by atoms with Gasteiger partial charge in [0.1, 0.15) is 5.82 Å². The van der Waals surface area contributed by atoms with Gasteiger partial charge in [0, 0.05) is 42.7 Å². The highest BCUT2D eigenvalue weighted by Gasteiger charge is 2.16. The summed E-state index contributed by atoms with van der Waals surface area (Å²) in [6.45, 7) is 0.796. The zero-order valence-electron chi connectivity index (χ0n) is 14.5. The summed E-state index contributed by atoms with van der Waals surface area (Å²) in [5, 5.41) is 10.2. The molecule has 146 valence electrons. The summed E-state index contributed by atoms with van der Waals surface area (Å²) >= 11 is 1.17. The molecule has 2 heterocycles. The summed E-state index contributed by atoms with van der Waals surface area (Å²) in [5.74, 6) is 0.607. The SMILES string of the molecule is O=C(NCCNc1cnccn1)Nc1cccc(S(=O)(=O)Nc2nccs2)c1. The van der Waals surface area contributed by atoms with Crippen molar-refractivity contribution in [3.8, 4) is 0 Å². The van der Waals surface area contributed by atoms with Gasteiger partial charge in [0.05, 0.1) is 11.1 Å². The van der Waals surface area contributed by atoms with E-state index in [4.69, 9.17) is 0 Å². The van der Waals surface area contributed by atoms with Gasteiger partial charge in [-0.05, 0) is 18.2 Å². The molecule has 28 heavy (non-hydrogen) atoms. The first-order valence-corrected chi connectivity index (χ1v) is 10.5. The largest absolute Gasteiger partial charge is 0.367 e. The van der Waals surface area contributed by atoms with E-state index >= 15 is 0 Å².